The second-order valence-electron chi connectivity index (χ2n) is 8.78. The molecule has 1 amide bonds. The van der Waals surface area contributed by atoms with Crippen molar-refractivity contribution in [1.29, 1.82) is 0 Å². The van der Waals surface area contributed by atoms with Crippen molar-refractivity contribution in [3.05, 3.63) is 99.4 Å². The minimum Gasteiger partial charge on any atom is -0.337 e. The first-order valence-corrected chi connectivity index (χ1v) is 11.2. The molecule has 1 aromatic heterocycles. The van der Waals surface area contributed by atoms with Crippen LogP contribution < -0.4 is 5.32 Å². The number of benzene rings is 2. The molecule has 0 saturated heterocycles. The molecule has 5 nitrogen and oxygen atoms in total. The SMILES string of the molecule is Cc1ccc(CNCCN2Cc3cc4c(cc3CC2=O)CN=C4c2ccnc(C)c2)cc1. The first-order valence-electron chi connectivity index (χ1n) is 11.2. The largest absolute Gasteiger partial charge is 0.337 e. The van der Waals surface area contributed by atoms with Crippen molar-refractivity contribution >= 4 is 11.6 Å². The van der Waals surface area contributed by atoms with Gasteiger partial charge in [-0.15, -0.1) is 0 Å². The number of aryl methyl sites for hydroxylation is 2. The topological polar surface area (TPSA) is 57.6 Å². The molecule has 0 atom stereocenters. The molecule has 162 valence electrons. The summed E-state index contributed by atoms with van der Waals surface area (Å²) < 4.78 is 0. The first-order chi connectivity index (χ1) is 15.6. The van der Waals surface area contributed by atoms with Gasteiger partial charge in [0.25, 0.3) is 0 Å². The Kier molecular flexibility index (Phi) is 5.58. The van der Waals surface area contributed by atoms with Crippen molar-refractivity contribution in [2.75, 3.05) is 13.1 Å². The standard InChI is InChI=1S/C27H28N4O/c1-18-3-5-20(6-4-18)15-28-9-10-31-17-24-13-25-23(12-22(24)14-26(31)32)16-30-27(25)21-7-8-29-19(2)11-21/h3-8,11-13,28H,9-10,14-17H2,1-2H3. The summed E-state index contributed by atoms with van der Waals surface area (Å²) in [5, 5.41) is 3.47. The Morgan fingerprint density at radius 1 is 1.00 bits per heavy atom. The summed E-state index contributed by atoms with van der Waals surface area (Å²) in [6.07, 6.45) is 2.32. The van der Waals surface area contributed by atoms with Crippen LogP contribution in [-0.4, -0.2) is 34.6 Å². The summed E-state index contributed by atoms with van der Waals surface area (Å²) >= 11 is 0. The summed E-state index contributed by atoms with van der Waals surface area (Å²) in [6, 6.07) is 17.1. The summed E-state index contributed by atoms with van der Waals surface area (Å²) in [5.74, 6) is 0.207. The molecular weight excluding hydrogens is 396 g/mol. The molecule has 0 radical (unpaired) electrons. The fourth-order valence-corrected chi connectivity index (χ4v) is 4.52. The van der Waals surface area contributed by atoms with Crippen LogP contribution in [0.15, 0.2) is 59.7 Å². The monoisotopic (exact) mass is 424 g/mol. The predicted molar refractivity (Wildman–Crippen MR) is 127 cm³/mol. The molecule has 0 spiro atoms. The Morgan fingerprint density at radius 3 is 2.66 bits per heavy atom. The number of hydrogen-bond acceptors (Lipinski definition) is 4. The van der Waals surface area contributed by atoms with Crippen LogP contribution in [0.4, 0.5) is 0 Å². The third-order valence-electron chi connectivity index (χ3n) is 6.32. The van der Waals surface area contributed by atoms with Gasteiger partial charge in [0.05, 0.1) is 18.7 Å². The van der Waals surface area contributed by atoms with Gasteiger partial charge in [0.1, 0.15) is 0 Å². The Bertz CT molecular complexity index is 1200. The van der Waals surface area contributed by atoms with E-state index in [1.807, 2.05) is 24.1 Å². The van der Waals surface area contributed by atoms with E-state index in [4.69, 9.17) is 4.99 Å². The molecule has 0 aliphatic carbocycles. The molecule has 2 aliphatic rings. The summed E-state index contributed by atoms with van der Waals surface area (Å²) in [6.45, 7) is 7.76. The molecule has 0 bridgehead atoms. The molecule has 0 fully saturated rings. The molecule has 2 aliphatic heterocycles. The molecule has 2 aromatic carbocycles. The Morgan fingerprint density at radius 2 is 1.84 bits per heavy atom. The first kappa shape index (κ1) is 20.6. The number of pyridine rings is 1. The van der Waals surface area contributed by atoms with Gasteiger partial charge in [0.2, 0.25) is 5.91 Å². The number of carbonyl (C=O) groups excluding carboxylic acids is 1. The molecule has 3 heterocycles. The fraction of sp³-hybridized carbons (Fsp3) is 0.296. The van der Waals surface area contributed by atoms with Crippen LogP contribution in [0.3, 0.4) is 0 Å². The number of aliphatic imine (C=N–C) groups is 1. The van der Waals surface area contributed by atoms with Gasteiger partial charge in [0, 0.05) is 49.2 Å². The van der Waals surface area contributed by atoms with Crippen LogP contribution in [0.25, 0.3) is 0 Å². The lowest BCUT2D eigenvalue weighted by Crippen LogP contribution is -2.40. The fourth-order valence-electron chi connectivity index (χ4n) is 4.52. The lowest BCUT2D eigenvalue weighted by molar-refractivity contribution is -0.131. The maximum absolute atomic E-state index is 12.7. The maximum Gasteiger partial charge on any atom is 0.227 e. The summed E-state index contributed by atoms with van der Waals surface area (Å²) in [4.78, 5) is 23.8. The van der Waals surface area contributed by atoms with Crippen LogP contribution in [0.1, 0.15) is 44.6 Å². The number of nitrogens with one attached hydrogen (secondary N) is 1. The normalized spacial score (nSPS) is 14.9. The van der Waals surface area contributed by atoms with E-state index in [1.54, 1.807) is 0 Å². The zero-order valence-electron chi connectivity index (χ0n) is 18.7. The van der Waals surface area contributed by atoms with Gasteiger partial charge >= 0.3 is 0 Å². The van der Waals surface area contributed by atoms with E-state index in [1.165, 1.54) is 27.8 Å². The average Bonchev–Trinajstić information content (AvgIpc) is 3.19. The van der Waals surface area contributed by atoms with Crippen molar-refractivity contribution in [3.63, 3.8) is 0 Å². The van der Waals surface area contributed by atoms with E-state index >= 15 is 0 Å². The highest BCUT2D eigenvalue weighted by Crippen LogP contribution is 2.30. The van der Waals surface area contributed by atoms with Crippen molar-refractivity contribution in [2.24, 2.45) is 4.99 Å². The maximum atomic E-state index is 12.7. The average molecular weight is 425 g/mol. The molecule has 0 saturated carbocycles. The van der Waals surface area contributed by atoms with Crippen molar-refractivity contribution in [3.8, 4) is 0 Å². The van der Waals surface area contributed by atoms with E-state index in [-0.39, 0.29) is 5.91 Å². The van der Waals surface area contributed by atoms with Crippen molar-refractivity contribution < 1.29 is 4.79 Å². The van der Waals surface area contributed by atoms with E-state index in [9.17, 15) is 4.79 Å². The molecule has 32 heavy (non-hydrogen) atoms. The summed E-state index contributed by atoms with van der Waals surface area (Å²) in [7, 11) is 0. The lowest BCUT2D eigenvalue weighted by Gasteiger charge is -2.29. The van der Waals surface area contributed by atoms with E-state index in [0.29, 0.717) is 26.1 Å². The minimum absolute atomic E-state index is 0.207. The van der Waals surface area contributed by atoms with Gasteiger partial charge in [-0.05, 0) is 54.3 Å². The van der Waals surface area contributed by atoms with Crippen LogP contribution in [0.5, 0.6) is 0 Å². The molecule has 3 aromatic rings. The number of amides is 1. The zero-order valence-corrected chi connectivity index (χ0v) is 18.7. The van der Waals surface area contributed by atoms with Crippen LogP contribution >= 0.6 is 0 Å². The predicted octanol–water partition coefficient (Wildman–Crippen LogP) is 3.72. The van der Waals surface area contributed by atoms with E-state index in [0.717, 1.165) is 35.6 Å². The lowest BCUT2D eigenvalue weighted by atomic mass is 9.91. The van der Waals surface area contributed by atoms with Gasteiger partial charge in [-0.2, -0.15) is 0 Å². The van der Waals surface area contributed by atoms with Gasteiger partial charge in [-0.25, -0.2) is 0 Å². The number of rotatable bonds is 6. The third kappa shape index (κ3) is 4.21. The minimum atomic E-state index is 0.207. The van der Waals surface area contributed by atoms with Gasteiger partial charge in [-0.1, -0.05) is 35.9 Å². The zero-order chi connectivity index (χ0) is 22.1. The number of hydrogen-bond donors (Lipinski definition) is 1. The highest BCUT2D eigenvalue weighted by molar-refractivity contribution is 6.15. The highest BCUT2D eigenvalue weighted by Gasteiger charge is 2.26. The second kappa shape index (κ2) is 8.67. The number of fused-ring (bicyclic) bond motifs is 2. The number of aromatic nitrogens is 1. The Labute approximate surface area is 189 Å². The molecular formula is C27H28N4O. The van der Waals surface area contributed by atoms with Crippen LogP contribution in [0, 0.1) is 13.8 Å². The van der Waals surface area contributed by atoms with Crippen molar-refractivity contribution in [1.82, 2.24) is 15.2 Å². The molecule has 5 heteroatoms. The second-order valence-corrected chi connectivity index (χ2v) is 8.78. The van der Waals surface area contributed by atoms with Gasteiger partial charge < -0.3 is 10.2 Å². The molecule has 0 unspecified atom stereocenters. The highest BCUT2D eigenvalue weighted by atomic mass is 16.2. The van der Waals surface area contributed by atoms with Crippen LogP contribution in [-0.2, 0) is 30.8 Å². The number of nitrogens with zero attached hydrogens (tertiary/aromatic N) is 3. The van der Waals surface area contributed by atoms with Gasteiger partial charge in [0.15, 0.2) is 0 Å². The van der Waals surface area contributed by atoms with Crippen molar-refractivity contribution in [2.45, 2.75) is 39.9 Å². The molecule has 5 rings (SSSR count). The quantitative estimate of drug-likeness (QED) is 0.614. The number of carbonyl (C=O) groups is 1. The van der Waals surface area contributed by atoms with E-state index < -0.39 is 0 Å². The summed E-state index contributed by atoms with van der Waals surface area (Å²) in [5.41, 5.74) is 10.5. The molecule has 1 N–H and O–H groups in total. The van der Waals surface area contributed by atoms with E-state index in [2.05, 4.69) is 59.7 Å². The van der Waals surface area contributed by atoms with Crippen LogP contribution in [0.2, 0.25) is 0 Å². The smallest absolute Gasteiger partial charge is 0.227 e. The Hall–Kier alpha value is -3.31. The Balaban J connectivity index is 1.26. The third-order valence-corrected chi connectivity index (χ3v) is 6.32. The van der Waals surface area contributed by atoms with Gasteiger partial charge in [-0.3, -0.25) is 14.8 Å².